The number of nitrogens with two attached hydrogens (primary N) is 1. The number of benzene rings is 2. The van der Waals surface area contributed by atoms with Crippen LogP contribution in [0.1, 0.15) is 11.6 Å². The van der Waals surface area contributed by atoms with Crippen molar-refractivity contribution < 1.29 is 5.11 Å². The fraction of sp³-hybridized carbons (Fsp3) is 0.0769. The van der Waals surface area contributed by atoms with Crippen molar-refractivity contribution in [2.45, 2.75) is 6.04 Å². The van der Waals surface area contributed by atoms with Crippen LogP contribution in [0.15, 0.2) is 49.1 Å². The number of hydrogen-bond donors (Lipinski definition) is 2. The summed E-state index contributed by atoms with van der Waals surface area (Å²) in [5, 5.41) is 11.4. The van der Waals surface area contributed by atoms with Gasteiger partial charge < -0.3 is 10.8 Å². The lowest BCUT2D eigenvalue weighted by Crippen LogP contribution is -2.05. The highest BCUT2D eigenvalue weighted by Crippen LogP contribution is 2.23. The van der Waals surface area contributed by atoms with E-state index in [0.717, 1.165) is 16.3 Å². The summed E-state index contributed by atoms with van der Waals surface area (Å²) in [6.07, 6.45) is 1.71. The number of hydrogen-bond acceptors (Lipinski definition) is 2. The summed E-state index contributed by atoms with van der Waals surface area (Å²) in [6.45, 7) is 3.67. The molecule has 2 heteroatoms. The Bertz CT molecular complexity index is 505. The largest absolute Gasteiger partial charge is 0.508 e. The van der Waals surface area contributed by atoms with Gasteiger partial charge in [-0.3, -0.25) is 0 Å². The van der Waals surface area contributed by atoms with Gasteiger partial charge in [0.05, 0.1) is 0 Å². The molecule has 0 heterocycles. The number of phenolic OH excluding ortho intramolecular Hbond substituents is 1. The first kappa shape index (κ1) is 9.74. The first-order valence-electron chi connectivity index (χ1n) is 4.81. The molecule has 0 aliphatic carbocycles. The second-order valence-corrected chi connectivity index (χ2v) is 3.55. The molecule has 3 N–H and O–H groups in total. The Labute approximate surface area is 88.7 Å². The molecule has 0 bridgehead atoms. The van der Waals surface area contributed by atoms with E-state index in [1.807, 2.05) is 24.3 Å². The van der Waals surface area contributed by atoms with Gasteiger partial charge in [-0.25, -0.2) is 0 Å². The summed E-state index contributed by atoms with van der Waals surface area (Å²) in [6, 6.07) is 11.1. The standard InChI is InChI=1S/C13H13NO/c1-2-13(14)11-4-3-10-8-12(15)6-5-9(10)7-11/h2-8,13,15H,1,14H2/t13-/m0/s1. The van der Waals surface area contributed by atoms with E-state index in [2.05, 4.69) is 6.58 Å². The van der Waals surface area contributed by atoms with Crippen molar-refractivity contribution in [1.82, 2.24) is 0 Å². The molecule has 2 aromatic carbocycles. The van der Waals surface area contributed by atoms with Crippen LogP contribution in [0, 0.1) is 0 Å². The molecule has 0 radical (unpaired) electrons. The van der Waals surface area contributed by atoms with Gasteiger partial charge in [0.1, 0.15) is 5.75 Å². The molecule has 2 rings (SSSR count). The summed E-state index contributed by atoms with van der Waals surface area (Å²) >= 11 is 0. The third-order valence-electron chi connectivity index (χ3n) is 2.49. The summed E-state index contributed by atoms with van der Waals surface area (Å²) in [5.74, 6) is 0.281. The quantitative estimate of drug-likeness (QED) is 0.730. The Morgan fingerprint density at radius 2 is 1.80 bits per heavy atom. The van der Waals surface area contributed by atoms with Crippen molar-refractivity contribution in [3.63, 3.8) is 0 Å². The van der Waals surface area contributed by atoms with Gasteiger partial charge in [-0.2, -0.15) is 0 Å². The highest BCUT2D eigenvalue weighted by Gasteiger charge is 2.02. The minimum atomic E-state index is -0.136. The van der Waals surface area contributed by atoms with Crippen LogP contribution < -0.4 is 5.73 Å². The van der Waals surface area contributed by atoms with Gasteiger partial charge in [-0.15, -0.1) is 6.58 Å². The zero-order valence-corrected chi connectivity index (χ0v) is 8.35. The normalized spacial score (nSPS) is 12.6. The first-order chi connectivity index (χ1) is 7.20. The lowest BCUT2D eigenvalue weighted by molar-refractivity contribution is 0.476. The van der Waals surface area contributed by atoms with Crippen molar-refractivity contribution in [2.24, 2.45) is 5.73 Å². The van der Waals surface area contributed by atoms with Crippen molar-refractivity contribution in [1.29, 1.82) is 0 Å². The Kier molecular flexibility index (Phi) is 2.44. The molecule has 0 aromatic heterocycles. The van der Waals surface area contributed by atoms with E-state index in [-0.39, 0.29) is 11.8 Å². The summed E-state index contributed by atoms with van der Waals surface area (Å²) in [7, 11) is 0. The van der Waals surface area contributed by atoms with Gasteiger partial charge in [0.15, 0.2) is 0 Å². The summed E-state index contributed by atoms with van der Waals surface area (Å²) in [5.41, 5.74) is 6.88. The van der Waals surface area contributed by atoms with Crippen molar-refractivity contribution in [3.8, 4) is 5.75 Å². The topological polar surface area (TPSA) is 46.2 Å². The van der Waals surface area contributed by atoms with Crippen LogP contribution >= 0.6 is 0 Å². The highest BCUT2D eigenvalue weighted by molar-refractivity contribution is 5.84. The fourth-order valence-corrected chi connectivity index (χ4v) is 1.60. The average Bonchev–Trinajstić information content (AvgIpc) is 2.27. The van der Waals surface area contributed by atoms with Crippen molar-refractivity contribution >= 4 is 10.8 Å². The Balaban J connectivity index is 2.56. The van der Waals surface area contributed by atoms with Crippen LogP contribution in [-0.2, 0) is 0 Å². The lowest BCUT2D eigenvalue weighted by Gasteiger charge is -2.07. The average molecular weight is 199 g/mol. The minimum Gasteiger partial charge on any atom is -0.508 e. The van der Waals surface area contributed by atoms with E-state index in [9.17, 15) is 5.11 Å². The molecule has 0 aliphatic heterocycles. The lowest BCUT2D eigenvalue weighted by atomic mass is 10.0. The van der Waals surface area contributed by atoms with Crippen LogP contribution in [0.3, 0.4) is 0 Å². The number of fused-ring (bicyclic) bond motifs is 1. The minimum absolute atomic E-state index is 0.136. The predicted octanol–water partition coefficient (Wildman–Crippen LogP) is 2.73. The van der Waals surface area contributed by atoms with Crippen LogP contribution in [0.4, 0.5) is 0 Å². The first-order valence-corrected chi connectivity index (χ1v) is 4.81. The van der Waals surface area contributed by atoms with Gasteiger partial charge in [0.2, 0.25) is 0 Å². The number of aromatic hydroxyl groups is 1. The van der Waals surface area contributed by atoms with E-state index >= 15 is 0 Å². The molecule has 0 saturated heterocycles. The zero-order valence-electron chi connectivity index (χ0n) is 8.35. The monoisotopic (exact) mass is 199 g/mol. The van der Waals surface area contributed by atoms with Crippen molar-refractivity contribution in [2.75, 3.05) is 0 Å². The zero-order chi connectivity index (χ0) is 10.8. The van der Waals surface area contributed by atoms with E-state index < -0.39 is 0 Å². The molecule has 76 valence electrons. The molecular weight excluding hydrogens is 186 g/mol. The molecule has 0 unspecified atom stereocenters. The maximum absolute atomic E-state index is 9.31. The fourth-order valence-electron chi connectivity index (χ4n) is 1.60. The SMILES string of the molecule is C=C[C@H](N)c1ccc2cc(O)ccc2c1. The van der Waals surface area contributed by atoms with E-state index in [0.29, 0.717) is 0 Å². The Morgan fingerprint density at radius 3 is 2.53 bits per heavy atom. The van der Waals surface area contributed by atoms with Crippen LogP contribution in [0.2, 0.25) is 0 Å². The van der Waals surface area contributed by atoms with Crippen molar-refractivity contribution in [3.05, 3.63) is 54.6 Å². The van der Waals surface area contributed by atoms with Gasteiger partial charge >= 0.3 is 0 Å². The van der Waals surface area contributed by atoms with Crippen LogP contribution in [0.25, 0.3) is 10.8 Å². The highest BCUT2D eigenvalue weighted by atomic mass is 16.3. The summed E-state index contributed by atoms with van der Waals surface area (Å²) < 4.78 is 0. The Hall–Kier alpha value is -1.80. The summed E-state index contributed by atoms with van der Waals surface area (Å²) in [4.78, 5) is 0. The molecule has 0 fully saturated rings. The van der Waals surface area contributed by atoms with Crippen LogP contribution in [-0.4, -0.2) is 5.11 Å². The van der Waals surface area contributed by atoms with E-state index in [4.69, 9.17) is 5.73 Å². The maximum atomic E-state index is 9.31. The molecular formula is C13H13NO. The van der Waals surface area contributed by atoms with E-state index in [1.54, 1.807) is 18.2 Å². The number of rotatable bonds is 2. The second kappa shape index (κ2) is 3.75. The molecule has 0 amide bonds. The number of phenols is 1. The van der Waals surface area contributed by atoms with Gasteiger partial charge in [-0.1, -0.05) is 24.3 Å². The molecule has 0 spiro atoms. The third-order valence-corrected chi connectivity index (χ3v) is 2.49. The predicted molar refractivity (Wildman–Crippen MR) is 62.7 cm³/mol. The Morgan fingerprint density at radius 1 is 1.13 bits per heavy atom. The smallest absolute Gasteiger partial charge is 0.116 e. The third kappa shape index (κ3) is 1.85. The second-order valence-electron chi connectivity index (χ2n) is 3.55. The molecule has 2 aromatic rings. The van der Waals surface area contributed by atoms with Gasteiger partial charge in [0, 0.05) is 6.04 Å². The maximum Gasteiger partial charge on any atom is 0.116 e. The van der Waals surface area contributed by atoms with Crippen LogP contribution in [0.5, 0.6) is 5.75 Å². The molecule has 0 saturated carbocycles. The molecule has 1 atom stereocenters. The molecule has 2 nitrogen and oxygen atoms in total. The molecule has 15 heavy (non-hydrogen) atoms. The molecule has 0 aliphatic rings. The van der Waals surface area contributed by atoms with Gasteiger partial charge in [0.25, 0.3) is 0 Å². The van der Waals surface area contributed by atoms with Gasteiger partial charge in [-0.05, 0) is 34.5 Å². The van der Waals surface area contributed by atoms with E-state index in [1.165, 1.54) is 0 Å².